The Morgan fingerprint density at radius 2 is 1.67 bits per heavy atom. The monoisotopic (exact) mass is 347 g/mol. The first-order valence-electron chi connectivity index (χ1n) is 7.64. The van der Waals surface area contributed by atoms with E-state index in [1.807, 2.05) is 6.92 Å². The summed E-state index contributed by atoms with van der Waals surface area (Å²) in [5.74, 6) is 0.447. The van der Waals surface area contributed by atoms with E-state index in [-0.39, 0.29) is 24.5 Å². The Kier molecular flexibility index (Phi) is 5.98. The molecule has 128 valence electrons. The van der Waals surface area contributed by atoms with Gasteiger partial charge in [0.2, 0.25) is 5.91 Å². The fourth-order valence-corrected chi connectivity index (χ4v) is 3.49. The number of ether oxygens (including phenoxy) is 1. The molecule has 2 aromatic rings. The van der Waals surface area contributed by atoms with E-state index in [2.05, 4.69) is 5.32 Å². The van der Waals surface area contributed by atoms with Crippen molar-refractivity contribution in [2.45, 2.75) is 24.7 Å². The molecule has 0 saturated heterocycles. The predicted molar refractivity (Wildman–Crippen MR) is 94.1 cm³/mol. The number of hydrogen-bond donors (Lipinski definition) is 1. The Hall–Kier alpha value is -2.34. The Labute approximate surface area is 142 Å². The lowest BCUT2D eigenvalue weighted by molar-refractivity contribution is -0.116. The van der Waals surface area contributed by atoms with E-state index in [4.69, 9.17) is 4.74 Å². The molecule has 0 atom stereocenters. The zero-order valence-electron chi connectivity index (χ0n) is 13.8. The molecule has 0 aliphatic heterocycles. The van der Waals surface area contributed by atoms with Crippen LogP contribution in [0.1, 0.15) is 18.4 Å². The lowest BCUT2D eigenvalue weighted by atomic mass is 10.2. The maximum Gasteiger partial charge on any atom is 0.224 e. The van der Waals surface area contributed by atoms with Gasteiger partial charge in [-0.2, -0.15) is 0 Å². The Bertz CT molecular complexity index is 781. The molecule has 2 rings (SSSR count). The van der Waals surface area contributed by atoms with Crippen LogP contribution in [0.15, 0.2) is 53.4 Å². The Morgan fingerprint density at radius 1 is 1.04 bits per heavy atom. The van der Waals surface area contributed by atoms with Crippen LogP contribution < -0.4 is 10.1 Å². The third kappa shape index (κ3) is 5.09. The second-order valence-electron chi connectivity index (χ2n) is 5.51. The fourth-order valence-electron chi connectivity index (χ4n) is 2.18. The van der Waals surface area contributed by atoms with Crippen molar-refractivity contribution in [1.82, 2.24) is 0 Å². The third-order valence-corrected chi connectivity index (χ3v) is 5.39. The van der Waals surface area contributed by atoms with E-state index in [9.17, 15) is 13.2 Å². The lowest BCUT2D eigenvalue weighted by Crippen LogP contribution is -2.14. The van der Waals surface area contributed by atoms with Gasteiger partial charge < -0.3 is 10.1 Å². The van der Waals surface area contributed by atoms with Crippen molar-refractivity contribution < 1.29 is 17.9 Å². The van der Waals surface area contributed by atoms with Crippen LogP contribution in [0.3, 0.4) is 0 Å². The van der Waals surface area contributed by atoms with Gasteiger partial charge in [0.15, 0.2) is 9.84 Å². The second kappa shape index (κ2) is 7.97. The molecule has 0 aromatic heterocycles. The molecular weight excluding hydrogens is 326 g/mol. The molecule has 1 amide bonds. The Balaban J connectivity index is 1.84. The summed E-state index contributed by atoms with van der Waals surface area (Å²) in [5, 5.41) is 2.74. The summed E-state index contributed by atoms with van der Waals surface area (Å²) >= 11 is 0. The number of benzene rings is 2. The van der Waals surface area contributed by atoms with Gasteiger partial charge in [0.05, 0.1) is 17.8 Å². The largest absolute Gasteiger partial charge is 0.497 e. The molecule has 0 aliphatic carbocycles. The van der Waals surface area contributed by atoms with Gasteiger partial charge in [0.1, 0.15) is 5.75 Å². The average Bonchev–Trinajstić information content (AvgIpc) is 2.56. The number of sulfone groups is 1. The first kappa shape index (κ1) is 18.0. The van der Waals surface area contributed by atoms with Gasteiger partial charge in [0.25, 0.3) is 0 Å². The molecule has 0 heterocycles. The van der Waals surface area contributed by atoms with Crippen molar-refractivity contribution in [1.29, 1.82) is 0 Å². The molecule has 0 radical (unpaired) electrons. The molecule has 2 aromatic carbocycles. The number of hydrogen-bond acceptors (Lipinski definition) is 4. The number of nitrogens with one attached hydrogen (secondary N) is 1. The topological polar surface area (TPSA) is 72.5 Å². The molecule has 0 fully saturated rings. The second-order valence-corrected chi connectivity index (χ2v) is 7.62. The molecular formula is C18H21NO4S. The number of methoxy groups -OCH3 is 1. The number of rotatable bonds is 7. The van der Waals surface area contributed by atoms with Crippen LogP contribution in [0.4, 0.5) is 5.69 Å². The lowest BCUT2D eigenvalue weighted by Gasteiger charge is -2.07. The average molecular weight is 347 g/mol. The van der Waals surface area contributed by atoms with Gasteiger partial charge in [-0.3, -0.25) is 4.79 Å². The molecule has 0 spiro atoms. The smallest absolute Gasteiger partial charge is 0.224 e. The molecule has 1 N–H and O–H groups in total. The number of aryl methyl sites for hydroxylation is 1. The summed E-state index contributed by atoms with van der Waals surface area (Å²) in [4.78, 5) is 12.2. The van der Waals surface area contributed by atoms with E-state index in [0.717, 1.165) is 5.56 Å². The summed E-state index contributed by atoms with van der Waals surface area (Å²) in [6.45, 7) is 1.90. The minimum atomic E-state index is -3.35. The van der Waals surface area contributed by atoms with E-state index in [1.165, 1.54) is 0 Å². The molecule has 24 heavy (non-hydrogen) atoms. The number of anilines is 1. The van der Waals surface area contributed by atoms with Crippen molar-refractivity contribution in [2.24, 2.45) is 0 Å². The highest BCUT2D eigenvalue weighted by Gasteiger charge is 2.14. The third-order valence-electron chi connectivity index (χ3n) is 3.57. The first-order valence-corrected chi connectivity index (χ1v) is 9.29. The van der Waals surface area contributed by atoms with Crippen molar-refractivity contribution in [2.75, 3.05) is 18.2 Å². The van der Waals surface area contributed by atoms with Gasteiger partial charge in [0, 0.05) is 12.1 Å². The zero-order chi connectivity index (χ0) is 17.6. The minimum absolute atomic E-state index is 0.0495. The number of carbonyl (C=O) groups excluding carboxylic acids is 1. The van der Waals surface area contributed by atoms with Crippen LogP contribution in [-0.2, 0) is 14.6 Å². The van der Waals surface area contributed by atoms with Crippen LogP contribution in [0.5, 0.6) is 5.75 Å². The van der Waals surface area contributed by atoms with Crippen LogP contribution >= 0.6 is 0 Å². The molecule has 0 saturated carbocycles. The molecule has 0 aliphatic rings. The molecule has 0 unspecified atom stereocenters. The maximum atomic E-state index is 12.2. The summed E-state index contributed by atoms with van der Waals surface area (Å²) in [6.07, 6.45) is 0.426. The maximum absolute atomic E-state index is 12.2. The molecule has 0 bridgehead atoms. The van der Waals surface area contributed by atoms with Crippen molar-refractivity contribution in [3.05, 3.63) is 54.1 Å². The van der Waals surface area contributed by atoms with Crippen molar-refractivity contribution >= 4 is 21.4 Å². The van der Waals surface area contributed by atoms with Crippen LogP contribution in [-0.4, -0.2) is 27.2 Å². The Morgan fingerprint density at radius 3 is 2.25 bits per heavy atom. The standard InChI is InChI=1S/C18H21NO4S/c1-14-5-11-17(12-6-14)24(21,22)13-3-4-18(20)19-15-7-9-16(23-2)10-8-15/h5-12H,3-4,13H2,1-2H3,(H,19,20). The van der Waals surface area contributed by atoms with Gasteiger partial charge in [-0.05, 0) is 49.7 Å². The van der Waals surface area contributed by atoms with Gasteiger partial charge in [-0.25, -0.2) is 8.42 Å². The van der Waals surface area contributed by atoms with Crippen molar-refractivity contribution in [3.8, 4) is 5.75 Å². The van der Waals surface area contributed by atoms with E-state index < -0.39 is 9.84 Å². The SMILES string of the molecule is COc1ccc(NC(=O)CCCS(=O)(=O)c2ccc(C)cc2)cc1. The van der Waals surface area contributed by atoms with Gasteiger partial charge >= 0.3 is 0 Å². The van der Waals surface area contributed by atoms with Crippen LogP contribution in [0, 0.1) is 6.92 Å². The highest BCUT2D eigenvalue weighted by molar-refractivity contribution is 7.91. The van der Waals surface area contributed by atoms with Gasteiger partial charge in [-0.15, -0.1) is 0 Å². The molecule has 5 nitrogen and oxygen atoms in total. The summed E-state index contributed by atoms with van der Waals surface area (Å²) in [6, 6.07) is 13.7. The van der Waals surface area contributed by atoms with E-state index in [1.54, 1.807) is 55.6 Å². The quantitative estimate of drug-likeness (QED) is 0.835. The summed E-state index contributed by atoms with van der Waals surface area (Å²) < 4.78 is 29.5. The predicted octanol–water partition coefficient (Wildman–Crippen LogP) is 3.20. The van der Waals surface area contributed by atoms with E-state index >= 15 is 0 Å². The fraction of sp³-hybridized carbons (Fsp3) is 0.278. The minimum Gasteiger partial charge on any atom is -0.497 e. The molecule has 6 heteroatoms. The summed E-state index contributed by atoms with van der Waals surface area (Å²) in [5.41, 5.74) is 1.66. The number of carbonyl (C=O) groups is 1. The normalized spacial score (nSPS) is 11.1. The summed E-state index contributed by atoms with van der Waals surface area (Å²) in [7, 11) is -1.78. The van der Waals surface area contributed by atoms with Crippen LogP contribution in [0.25, 0.3) is 0 Å². The van der Waals surface area contributed by atoms with Crippen molar-refractivity contribution in [3.63, 3.8) is 0 Å². The number of amides is 1. The highest BCUT2D eigenvalue weighted by Crippen LogP contribution is 2.16. The first-order chi connectivity index (χ1) is 11.4. The van der Waals surface area contributed by atoms with E-state index in [0.29, 0.717) is 16.3 Å². The zero-order valence-corrected chi connectivity index (χ0v) is 14.6. The van der Waals surface area contributed by atoms with Gasteiger partial charge in [-0.1, -0.05) is 17.7 Å². The van der Waals surface area contributed by atoms with Crippen LogP contribution in [0.2, 0.25) is 0 Å². The highest BCUT2D eigenvalue weighted by atomic mass is 32.2.